The number of nitrogens with zero attached hydrogens (tertiary/aromatic N) is 1. The zero-order valence-electron chi connectivity index (χ0n) is 21.0. The number of ether oxygens (including phenoxy) is 1. The van der Waals surface area contributed by atoms with Gasteiger partial charge in [-0.15, -0.1) is 0 Å². The number of carbonyl (C=O) groups is 1. The second kappa shape index (κ2) is 13.8. The minimum atomic E-state index is -2.03. The van der Waals surface area contributed by atoms with Crippen LogP contribution in [0.5, 0.6) is 0 Å². The van der Waals surface area contributed by atoms with Gasteiger partial charge in [-0.1, -0.05) is 39.8 Å². The van der Waals surface area contributed by atoms with Gasteiger partial charge in [-0.3, -0.25) is 14.3 Å². The molecule has 8 nitrogen and oxygen atoms in total. The van der Waals surface area contributed by atoms with Crippen LogP contribution in [0.4, 0.5) is 0 Å². The van der Waals surface area contributed by atoms with Crippen LogP contribution in [0, 0.1) is 18.5 Å². The molecule has 2 atom stereocenters. The molecule has 34 heavy (non-hydrogen) atoms. The van der Waals surface area contributed by atoms with Gasteiger partial charge >= 0.3 is 40.0 Å². The normalized spacial score (nSPS) is 18.1. The molecule has 0 unspecified atom stereocenters. The summed E-state index contributed by atoms with van der Waals surface area (Å²) in [6.45, 7) is 20.5. The number of nitrogens with one attached hydrogen (secondary N) is 1. The molecule has 1 aliphatic rings. The third kappa shape index (κ3) is 8.08. The molecule has 187 valence electrons. The summed E-state index contributed by atoms with van der Waals surface area (Å²) in [7, 11) is -2.03. The Hall–Kier alpha value is -1.93. The molecule has 0 saturated heterocycles. The van der Waals surface area contributed by atoms with Crippen molar-refractivity contribution in [2.24, 2.45) is 11.8 Å². The summed E-state index contributed by atoms with van der Waals surface area (Å²) >= 11 is 0. The van der Waals surface area contributed by atoms with E-state index in [0.29, 0.717) is 25.6 Å². The molecular weight excluding hydrogens is 496 g/mol. The molecule has 0 aliphatic heterocycles. The van der Waals surface area contributed by atoms with E-state index in [2.05, 4.69) is 52.4 Å². The third-order valence-corrected chi connectivity index (χ3v) is 11.5. The van der Waals surface area contributed by atoms with Gasteiger partial charge in [0.05, 0.1) is 12.6 Å². The summed E-state index contributed by atoms with van der Waals surface area (Å²) in [6.07, 6.45) is 7.30. The van der Waals surface area contributed by atoms with E-state index in [4.69, 9.17) is 13.8 Å². The molecule has 0 bridgehead atoms. The zero-order chi connectivity index (χ0) is 25.4. The molecule has 1 N–H and O–H groups in total. The number of carbonyl (C=O) groups excluding carboxylic acids is 1. The van der Waals surface area contributed by atoms with Crippen LogP contribution in [-0.4, -0.2) is 37.1 Å². The van der Waals surface area contributed by atoms with Crippen LogP contribution in [0.3, 0.4) is 0 Å². The number of aromatic nitrogens is 2. The fourth-order valence-electron chi connectivity index (χ4n) is 3.64. The number of hydrogen-bond acceptors (Lipinski definition) is 5. The summed E-state index contributed by atoms with van der Waals surface area (Å²) < 4.78 is 20.6. The van der Waals surface area contributed by atoms with E-state index in [1.165, 1.54) is 22.9 Å². The number of esters is 1. The van der Waals surface area contributed by atoms with Crippen LogP contribution in [-0.2, 0) is 35.7 Å². The van der Waals surface area contributed by atoms with Gasteiger partial charge in [0.2, 0.25) is 0 Å². The van der Waals surface area contributed by atoms with Gasteiger partial charge in [0, 0.05) is 30.9 Å². The number of H-pyrrole nitrogens is 1. The Morgan fingerprint density at radius 2 is 1.97 bits per heavy atom. The standard InChI is InChI=1S/C23H36N2O5Si.CO.Fe/c1-8-29-21(27)10-9-17-13-19(25-12-11-20(26)24-22(25)28)14-18(17)15-30-31(6,7)23(4,5)16(2)3;1-2;/h9-13,16,18-19H,8,14-15H2,1-7H3,(H,24,26,28);;/q;;+3/b10-9+;;/t18-,19+;;/m1../s1. The number of aromatic amines is 1. The Balaban J connectivity index is 0.00000353. The maximum Gasteiger partial charge on any atom is 3.00 e. The Morgan fingerprint density at radius 1 is 1.35 bits per heavy atom. The van der Waals surface area contributed by atoms with Crippen LogP contribution in [0.2, 0.25) is 18.1 Å². The molecule has 0 fully saturated rings. The van der Waals surface area contributed by atoms with Crippen molar-refractivity contribution in [1.29, 1.82) is 0 Å². The Bertz CT molecular complexity index is 1010. The molecule has 0 saturated carbocycles. The molecule has 1 heterocycles. The monoisotopic (exact) mass is 532 g/mol. The first-order valence-electron chi connectivity index (χ1n) is 11.1. The van der Waals surface area contributed by atoms with Crippen molar-refractivity contribution in [2.45, 2.75) is 65.2 Å². The first kappa shape index (κ1) is 32.1. The van der Waals surface area contributed by atoms with Crippen molar-refractivity contribution in [2.75, 3.05) is 13.2 Å². The predicted molar refractivity (Wildman–Crippen MR) is 129 cm³/mol. The maximum absolute atomic E-state index is 12.3. The van der Waals surface area contributed by atoms with Crippen molar-refractivity contribution in [3.63, 3.8) is 0 Å². The summed E-state index contributed by atoms with van der Waals surface area (Å²) in [5.74, 6) is 0.122. The van der Waals surface area contributed by atoms with Crippen molar-refractivity contribution >= 4 is 14.3 Å². The number of allylic oxidation sites excluding steroid dienone is 2. The SMILES string of the molecule is CCOC(=O)/C=C/C1=C[C@H](n2ccc(=O)[nH]c2=O)C[C@@H]1CO[Si](C)(C)C(C)(C)C(C)C.[C-]#[O+].[Fe+3]. The molecule has 0 spiro atoms. The Kier molecular flexibility index (Phi) is 13.0. The van der Waals surface area contributed by atoms with Gasteiger partial charge in [-0.2, -0.15) is 0 Å². The van der Waals surface area contributed by atoms with Crippen molar-refractivity contribution in [1.82, 2.24) is 9.55 Å². The predicted octanol–water partition coefficient (Wildman–Crippen LogP) is 3.76. The fraction of sp³-hybridized carbons (Fsp3) is 0.583. The van der Waals surface area contributed by atoms with E-state index < -0.39 is 25.5 Å². The molecule has 0 aromatic carbocycles. The van der Waals surface area contributed by atoms with Crippen LogP contribution < -0.4 is 11.2 Å². The third-order valence-electron chi connectivity index (χ3n) is 6.93. The average molecular weight is 532 g/mol. The summed E-state index contributed by atoms with van der Waals surface area (Å²) in [6, 6.07) is 1.12. The molecule has 10 heteroatoms. The smallest absolute Gasteiger partial charge is 3.00 e. The Labute approximate surface area is 213 Å². The van der Waals surface area contributed by atoms with E-state index in [-0.39, 0.29) is 34.1 Å². The first-order valence-corrected chi connectivity index (χ1v) is 14.0. The van der Waals surface area contributed by atoms with Crippen LogP contribution >= 0.6 is 0 Å². The molecule has 2 rings (SSSR count). The van der Waals surface area contributed by atoms with E-state index in [9.17, 15) is 14.4 Å². The van der Waals surface area contributed by atoms with Crippen LogP contribution in [0.25, 0.3) is 0 Å². The van der Waals surface area contributed by atoms with Gasteiger partial charge in [-0.25, -0.2) is 9.59 Å². The van der Waals surface area contributed by atoms with E-state index >= 15 is 0 Å². The zero-order valence-corrected chi connectivity index (χ0v) is 23.1. The second-order valence-electron chi connectivity index (χ2n) is 9.47. The summed E-state index contributed by atoms with van der Waals surface area (Å²) in [5, 5.41) is 0.0888. The molecule has 1 radical (unpaired) electrons. The Morgan fingerprint density at radius 3 is 2.50 bits per heavy atom. The van der Waals surface area contributed by atoms with Crippen LogP contribution in [0.1, 0.15) is 47.1 Å². The summed E-state index contributed by atoms with van der Waals surface area (Å²) in [4.78, 5) is 37.8. The topological polar surface area (TPSA) is 110 Å². The number of rotatable bonds is 9. The van der Waals surface area contributed by atoms with Gasteiger partial charge in [0.1, 0.15) is 0 Å². The van der Waals surface area contributed by atoms with Gasteiger partial charge in [0.25, 0.3) is 5.56 Å². The maximum atomic E-state index is 12.3. The van der Waals surface area contributed by atoms with Gasteiger partial charge < -0.3 is 9.16 Å². The van der Waals surface area contributed by atoms with Crippen molar-refractivity contribution < 1.29 is 35.7 Å². The number of hydrogen-bond donors (Lipinski definition) is 1. The van der Waals surface area contributed by atoms with E-state index in [0.717, 1.165) is 5.57 Å². The van der Waals surface area contributed by atoms with E-state index in [1.54, 1.807) is 13.0 Å². The van der Waals surface area contributed by atoms with Gasteiger partial charge in [0.15, 0.2) is 8.32 Å². The first-order chi connectivity index (χ1) is 15.4. The molecule has 0 amide bonds. The minimum absolute atomic E-state index is 0. The largest absolute Gasteiger partial charge is 3.00 e. The fourth-order valence-corrected chi connectivity index (χ4v) is 6.02. The van der Waals surface area contributed by atoms with E-state index in [1.807, 2.05) is 6.08 Å². The van der Waals surface area contributed by atoms with Gasteiger partial charge in [-0.05, 0) is 43.0 Å². The van der Waals surface area contributed by atoms with Crippen LogP contribution in [0.15, 0.2) is 45.7 Å². The molecular formula is C24H36FeN2O6Si+3. The molecule has 1 aromatic heterocycles. The minimum Gasteiger partial charge on any atom is 3.00 e. The average Bonchev–Trinajstić information content (AvgIpc) is 3.15. The van der Waals surface area contributed by atoms with Crippen molar-refractivity contribution in [3.05, 3.63) is 63.6 Å². The quantitative estimate of drug-likeness (QED) is 0.171. The summed E-state index contributed by atoms with van der Waals surface area (Å²) in [5.41, 5.74) is 0.0669. The molecule has 1 aliphatic carbocycles. The second-order valence-corrected chi connectivity index (χ2v) is 14.1. The molecule has 1 aromatic rings. The van der Waals surface area contributed by atoms with Crippen molar-refractivity contribution in [3.8, 4) is 0 Å².